The number of hydrogen-bond donors (Lipinski definition) is 3. The van der Waals surface area contributed by atoms with E-state index in [2.05, 4.69) is 17.6 Å². The standard InChI is InChI=1S/C29H33Cl2N3O3/c1-2-3-4-5-27(35)34-28(29(36)33-18-21-8-6-20(17-32)7-9-21)23-11-13-24(14-12-23)37-19-22-10-15-25(30)26(31)16-22/h6-16,28H,2-5,17-19,32H2,1H3,(H,33,36)(H,34,35)/t28-/m1/s1. The smallest absolute Gasteiger partial charge is 0.247 e. The van der Waals surface area contributed by atoms with Crippen molar-refractivity contribution in [2.24, 2.45) is 5.73 Å². The van der Waals surface area contributed by atoms with Gasteiger partial charge < -0.3 is 21.1 Å². The normalized spacial score (nSPS) is 11.6. The van der Waals surface area contributed by atoms with E-state index in [-0.39, 0.29) is 11.8 Å². The molecule has 2 amide bonds. The summed E-state index contributed by atoms with van der Waals surface area (Å²) < 4.78 is 5.85. The van der Waals surface area contributed by atoms with Gasteiger partial charge in [-0.3, -0.25) is 9.59 Å². The molecule has 0 aliphatic carbocycles. The SMILES string of the molecule is CCCCCC(=O)N[C@@H](C(=O)NCc1ccc(CN)cc1)c1ccc(OCc2ccc(Cl)c(Cl)c2)cc1. The molecule has 0 saturated carbocycles. The first-order chi connectivity index (χ1) is 17.9. The first-order valence-corrected chi connectivity index (χ1v) is 13.2. The summed E-state index contributed by atoms with van der Waals surface area (Å²) in [6.45, 7) is 3.21. The molecule has 0 aliphatic heterocycles. The van der Waals surface area contributed by atoms with Crippen molar-refractivity contribution in [2.75, 3.05) is 0 Å². The fourth-order valence-electron chi connectivity index (χ4n) is 3.71. The van der Waals surface area contributed by atoms with Gasteiger partial charge in [0.2, 0.25) is 11.8 Å². The average Bonchev–Trinajstić information content (AvgIpc) is 2.92. The number of nitrogens with two attached hydrogens (primary N) is 1. The number of ether oxygens (including phenoxy) is 1. The number of rotatable bonds is 13. The summed E-state index contributed by atoms with van der Waals surface area (Å²) in [5, 5.41) is 6.80. The molecule has 0 aliphatic rings. The van der Waals surface area contributed by atoms with Crippen LogP contribution in [0.25, 0.3) is 0 Å². The van der Waals surface area contributed by atoms with Gasteiger partial charge in [-0.25, -0.2) is 0 Å². The first-order valence-electron chi connectivity index (χ1n) is 12.4. The Morgan fingerprint density at radius 3 is 2.22 bits per heavy atom. The molecule has 196 valence electrons. The molecule has 3 rings (SSSR count). The molecule has 4 N–H and O–H groups in total. The Morgan fingerprint density at radius 2 is 1.57 bits per heavy atom. The van der Waals surface area contributed by atoms with Crippen molar-refractivity contribution >= 4 is 35.0 Å². The van der Waals surface area contributed by atoms with Crippen LogP contribution in [0.2, 0.25) is 10.0 Å². The van der Waals surface area contributed by atoms with Gasteiger partial charge in [-0.2, -0.15) is 0 Å². The van der Waals surface area contributed by atoms with Crippen molar-refractivity contribution in [3.8, 4) is 5.75 Å². The molecule has 0 heterocycles. The predicted octanol–water partition coefficient (Wildman–Crippen LogP) is 6.09. The number of carbonyl (C=O) groups is 2. The molecular weight excluding hydrogens is 509 g/mol. The van der Waals surface area contributed by atoms with Gasteiger partial charge >= 0.3 is 0 Å². The number of nitrogens with one attached hydrogen (secondary N) is 2. The van der Waals surface area contributed by atoms with Crippen LogP contribution in [-0.2, 0) is 29.3 Å². The van der Waals surface area contributed by atoms with Gasteiger partial charge in [-0.05, 0) is 52.9 Å². The van der Waals surface area contributed by atoms with Gasteiger partial charge in [0.15, 0.2) is 0 Å². The predicted molar refractivity (Wildman–Crippen MR) is 148 cm³/mol. The zero-order valence-corrected chi connectivity index (χ0v) is 22.4. The third kappa shape index (κ3) is 9.08. The maximum absolute atomic E-state index is 13.2. The van der Waals surface area contributed by atoms with E-state index in [4.69, 9.17) is 33.7 Å². The quantitative estimate of drug-likeness (QED) is 0.228. The Kier molecular flexibility index (Phi) is 11.3. The lowest BCUT2D eigenvalue weighted by atomic mass is 10.0. The lowest BCUT2D eigenvalue weighted by molar-refractivity contribution is -0.129. The minimum absolute atomic E-state index is 0.152. The fourth-order valence-corrected chi connectivity index (χ4v) is 4.03. The van der Waals surface area contributed by atoms with E-state index < -0.39 is 6.04 Å². The van der Waals surface area contributed by atoms with E-state index in [0.29, 0.717) is 47.5 Å². The van der Waals surface area contributed by atoms with Gasteiger partial charge in [0, 0.05) is 19.5 Å². The highest BCUT2D eigenvalue weighted by Crippen LogP contribution is 2.24. The monoisotopic (exact) mass is 541 g/mol. The number of benzene rings is 3. The van der Waals surface area contributed by atoms with E-state index in [0.717, 1.165) is 36.0 Å². The number of unbranched alkanes of at least 4 members (excludes halogenated alkanes) is 2. The molecule has 8 heteroatoms. The molecule has 0 fully saturated rings. The summed E-state index contributed by atoms with van der Waals surface area (Å²) in [5.74, 6) is 0.195. The van der Waals surface area contributed by atoms with Crippen LogP contribution in [0.15, 0.2) is 66.7 Å². The molecule has 1 atom stereocenters. The topological polar surface area (TPSA) is 93.5 Å². The van der Waals surface area contributed by atoms with Crippen molar-refractivity contribution in [3.05, 3.63) is 99.0 Å². The highest BCUT2D eigenvalue weighted by molar-refractivity contribution is 6.42. The summed E-state index contributed by atoms with van der Waals surface area (Å²) in [6.07, 6.45) is 3.15. The second-order valence-electron chi connectivity index (χ2n) is 8.80. The largest absolute Gasteiger partial charge is 0.489 e. The molecule has 0 unspecified atom stereocenters. The molecule has 0 aromatic heterocycles. The van der Waals surface area contributed by atoms with Gasteiger partial charge in [-0.15, -0.1) is 0 Å². The molecule has 6 nitrogen and oxygen atoms in total. The van der Waals surface area contributed by atoms with Crippen LogP contribution in [0, 0.1) is 0 Å². The number of hydrogen-bond acceptors (Lipinski definition) is 4. The Labute approximate surface area is 228 Å². The molecular formula is C29H33Cl2N3O3. The maximum Gasteiger partial charge on any atom is 0.247 e. The van der Waals surface area contributed by atoms with E-state index in [1.54, 1.807) is 36.4 Å². The number of halogens is 2. The van der Waals surface area contributed by atoms with Crippen LogP contribution in [0.1, 0.15) is 60.9 Å². The van der Waals surface area contributed by atoms with E-state index in [1.807, 2.05) is 30.3 Å². The molecule has 0 spiro atoms. The second kappa shape index (κ2) is 14.6. The minimum atomic E-state index is -0.818. The zero-order chi connectivity index (χ0) is 26.6. The summed E-state index contributed by atoms with van der Waals surface area (Å²) in [7, 11) is 0. The van der Waals surface area contributed by atoms with Gasteiger partial charge in [0.1, 0.15) is 18.4 Å². The number of carbonyl (C=O) groups excluding carboxylic acids is 2. The average molecular weight is 543 g/mol. The Morgan fingerprint density at radius 1 is 0.892 bits per heavy atom. The molecule has 0 radical (unpaired) electrons. The van der Waals surface area contributed by atoms with E-state index >= 15 is 0 Å². The van der Waals surface area contributed by atoms with Crippen molar-refractivity contribution in [1.82, 2.24) is 10.6 Å². The lowest BCUT2D eigenvalue weighted by Gasteiger charge is -2.20. The summed E-state index contributed by atoms with van der Waals surface area (Å²) in [5.41, 5.74) is 9.18. The molecule has 0 bridgehead atoms. The third-order valence-corrected chi connectivity index (χ3v) is 6.64. The lowest BCUT2D eigenvalue weighted by Crippen LogP contribution is -2.40. The van der Waals surface area contributed by atoms with Gasteiger partial charge in [0.25, 0.3) is 0 Å². The van der Waals surface area contributed by atoms with Crippen molar-refractivity contribution in [3.63, 3.8) is 0 Å². The maximum atomic E-state index is 13.2. The fraction of sp³-hybridized carbons (Fsp3) is 0.310. The molecule has 0 saturated heterocycles. The Hall–Kier alpha value is -3.06. The summed E-state index contributed by atoms with van der Waals surface area (Å²) in [4.78, 5) is 25.7. The molecule has 37 heavy (non-hydrogen) atoms. The highest BCUT2D eigenvalue weighted by atomic mass is 35.5. The van der Waals surface area contributed by atoms with Crippen LogP contribution >= 0.6 is 23.2 Å². The van der Waals surface area contributed by atoms with Crippen molar-refractivity contribution in [2.45, 2.75) is 58.3 Å². The van der Waals surface area contributed by atoms with E-state index in [1.165, 1.54) is 0 Å². The third-order valence-electron chi connectivity index (χ3n) is 5.90. The van der Waals surface area contributed by atoms with Gasteiger partial charge in [0.05, 0.1) is 10.0 Å². The van der Waals surface area contributed by atoms with Crippen molar-refractivity contribution in [1.29, 1.82) is 0 Å². The highest BCUT2D eigenvalue weighted by Gasteiger charge is 2.22. The molecule has 3 aromatic rings. The van der Waals surface area contributed by atoms with Gasteiger partial charge in [-0.1, -0.05) is 85.4 Å². The summed E-state index contributed by atoms with van der Waals surface area (Å²) >= 11 is 12.0. The Bertz CT molecular complexity index is 1170. The second-order valence-corrected chi connectivity index (χ2v) is 9.62. The summed E-state index contributed by atoms with van der Waals surface area (Å²) in [6, 6.07) is 19.4. The molecule has 3 aromatic carbocycles. The zero-order valence-electron chi connectivity index (χ0n) is 20.9. The first kappa shape index (κ1) is 28.5. The van der Waals surface area contributed by atoms with Crippen molar-refractivity contribution < 1.29 is 14.3 Å². The van der Waals surface area contributed by atoms with Crippen LogP contribution < -0.4 is 21.1 Å². The minimum Gasteiger partial charge on any atom is -0.489 e. The van der Waals surface area contributed by atoms with E-state index in [9.17, 15) is 9.59 Å². The number of amides is 2. The van der Waals surface area contributed by atoms with Crippen LogP contribution in [0.5, 0.6) is 5.75 Å². The van der Waals surface area contributed by atoms with Crippen LogP contribution in [-0.4, -0.2) is 11.8 Å². The van der Waals surface area contributed by atoms with Crippen LogP contribution in [0.4, 0.5) is 0 Å². The Balaban J connectivity index is 1.67. The van der Waals surface area contributed by atoms with Crippen LogP contribution in [0.3, 0.4) is 0 Å².